The number of aromatic nitrogens is 4. The highest BCUT2D eigenvalue weighted by Gasteiger charge is 2.11. The van der Waals surface area contributed by atoms with Gasteiger partial charge in [0.25, 0.3) is 0 Å². The number of hydrogen-bond acceptors (Lipinski definition) is 8. The maximum Gasteiger partial charge on any atom is 0.196 e. The molecule has 0 aromatic carbocycles. The molecule has 4 aromatic heterocycles. The average molecular weight is 645 g/mol. The second-order valence-corrected chi connectivity index (χ2v) is 15.6. The Morgan fingerprint density at radius 2 is 1.09 bits per heavy atom. The van der Waals surface area contributed by atoms with Crippen LogP contribution in [0.4, 0.5) is 0 Å². The molecule has 4 rings (SSSR count). The molecule has 0 unspecified atom stereocenters. The number of rotatable bonds is 8. The third kappa shape index (κ3) is 13.8. The first kappa shape index (κ1) is 39.7. The minimum atomic E-state index is 0.391. The predicted octanol–water partition coefficient (Wildman–Crippen LogP) is 12.6. The van der Waals surface area contributed by atoms with Crippen molar-refractivity contribution in [3.63, 3.8) is 0 Å². The van der Waals surface area contributed by atoms with Gasteiger partial charge in [-0.2, -0.15) is 0 Å². The van der Waals surface area contributed by atoms with Crippen LogP contribution in [0.5, 0.6) is 0 Å². The Balaban J connectivity index is 0.000000293. The first-order chi connectivity index (χ1) is 20.4. The Hall–Kier alpha value is -2.32. The Morgan fingerprint density at radius 3 is 1.36 bits per heavy atom. The molecule has 0 radical (unpaired) electrons. The van der Waals surface area contributed by atoms with Gasteiger partial charge in [-0.05, 0) is 17.8 Å². The number of nitrogens with zero attached hydrogens (tertiary/aromatic N) is 4. The third-order valence-corrected chi connectivity index (χ3v) is 9.22. The van der Waals surface area contributed by atoms with Gasteiger partial charge >= 0.3 is 0 Å². The van der Waals surface area contributed by atoms with E-state index in [9.17, 15) is 0 Å². The zero-order valence-corrected chi connectivity index (χ0v) is 32.0. The van der Waals surface area contributed by atoms with E-state index in [1.54, 1.807) is 17.6 Å². The Kier molecular flexibility index (Phi) is 17.4. The largest absolute Gasteiger partial charge is 0.448 e. The van der Waals surface area contributed by atoms with Crippen LogP contribution in [0.3, 0.4) is 0 Å². The normalized spacial score (nSPS) is 11.5. The monoisotopic (exact) mass is 644 g/mol. The van der Waals surface area contributed by atoms with Crippen LogP contribution < -0.4 is 0 Å². The van der Waals surface area contributed by atoms with E-state index in [4.69, 9.17) is 8.83 Å². The van der Waals surface area contributed by atoms with Crippen molar-refractivity contribution in [2.45, 2.75) is 158 Å². The van der Waals surface area contributed by atoms with Crippen molar-refractivity contribution in [2.24, 2.45) is 0 Å². The molecular formula is C36H60N4O2S2. The molecule has 0 N–H and O–H groups in total. The van der Waals surface area contributed by atoms with Gasteiger partial charge in [-0.3, -0.25) is 0 Å². The maximum absolute atomic E-state index is 5.50. The van der Waals surface area contributed by atoms with Crippen molar-refractivity contribution < 1.29 is 8.83 Å². The van der Waals surface area contributed by atoms with Crippen molar-refractivity contribution in [1.82, 2.24) is 19.9 Å². The SMILES string of the molecule is CC(C)c1cnc(C(C)C)o1.CC(C)c1cnc(C(C)C)s1.CC(C)c1coc(C(C)C)n1.CC(C)c1csc(C(C)C)n1. The van der Waals surface area contributed by atoms with Crippen LogP contribution in [0.2, 0.25) is 0 Å². The summed E-state index contributed by atoms with van der Waals surface area (Å²) in [5, 5.41) is 4.68. The second kappa shape index (κ2) is 19.3. The van der Waals surface area contributed by atoms with Crippen molar-refractivity contribution in [1.29, 1.82) is 0 Å². The quantitative estimate of drug-likeness (QED) is 0.190. The Labute approximate surface area is 276 Å². The van der Waals surface area contributed by atoms with Gasteiger partial charge in [0.05, 0.1) is 27.6 Å². The van der Waals surface area contributed by atoms with Crippen molar-refractivity contribution in [3.8, 4) is 0 Å². The van der Waals surface area contributed by atoms with E-state index in [1.807, 2.05) is 23.7 Å². The van der Waals surface area contributed by atoms with E-state index in [0.717, 1.165) is 23.2 Å². The minimum Gasteiger partial charge on any atom is -0.448 e. The van der Waals surface area contributed by atoms with Crippen molar-refractivity contribution in [3.05, 3.63) is 67.9 Å². The fourth-order valence-electron chi connectivity index (χ4n) is 3.33. The van der Waals surface area contributed by atoms with E-state index in [2.05, 4.69) is 136 Å². The summed E-state index contributed by atoms with van der Waals surface area (Å²) in [5.41, 5.74) is 2.28. The van der Waals surface area contributed by atoms with Gasteiger partial charge in [0, 0.05) is 46.0 Å². The average Bonchev–Trinajstić information content (AvgIpc) is 3.76. The van der Waals surface area contributed by atoms with E-state index in [1.165, 1.54) is 20.6 Å². The van der Waals surface area contributed by atoms with Crippen LogP contribution in [-0.4, -0.2) is 19.9 Å². The molecule has 0 saturated heterocycles. The molecule has 0 aliphatic heterocycles. The predicted molar refractivity (Wildman–Crippen MR) is 190 cm³/mol. The lowest BCUT2D eigenvalue weighted by atomic mass is 10.1. The van der Waals surface area contributed by atoms with Gasteiger partial charge in [0.2, 0.25) is 0 Å². The summed E-state index contributed by atoms with van der Waals surface area (Å²) in [6.07, 6.45) is 5.57. The molecule has 0 fully saturated rings. The molecule has 0 spiro atoms. The molecule has 44 heavy (non-hydrogen) atoms. The van der Waals surface area contributed by atoms with Crippen LogP contribution in [0, 0.1) is 0 Å². The molecule has 248 valence electrons. The van der Waals surface area contributed by atoms with Crippen LogP contribution in [-0.2, 0) is 0 Å². The smallest absolute Gasteiger partial charge is 0.196 e. The molecule has 0 amide bonds. The van der Waals surface area contributed by atoms with Crippen LogP contribution >= 0.6 is 22.7 Å². The Bertz CT molecular complexity index is 1020. The molecule has 0 saturated carbocycles. The molecular weight excluding hydrogens is 585 g/mol. The zero-order chi connectivity index (χ0) is 33.7. The van der Waals surface area contributed by atoms with E-state index < -0.39 is 0 Å². The molecule has 6 nitrogen and oxygen atoms in total. The fraction of sp³-hybridized carbons (Fsp3) is 0.667. The minimum absolute atomic E-state index is 0.391. The van der Waals surface area contributed by atoms with Crippen LogP contribution in [0.1, 0.15) is 202 Å². The van der Waals surface area contributed by atoms with Crippen LogP contribution in [0.15, 0.2) is 32.9 Å². The number of hydrogen-bond donors (Lipinski definition) is 0. The van der Waals surface area contributed by atoms with Gasteiger partial charge < -0.3 is 8.83 Å². The van der Waals surface area contributed by atoms with Gasteiger partial charge in [0.15, 0.2) is 11.8 Å². The summed E-state index contributed by atoms with van der Waals surface area (Å²) in [6.45, 7) is 34.3. The molecule has 0 bridgehead atoms. The highest BCUT2D eigenvalue weighted by atomic mass is 32.1. The molecule has 0 aliphatic rings. The van der Waals surface area contributed by atoms with Gasteiger partial charge in [-0.1, -0.05) is 111 Å². The van der Waals surface area contributed by atoms with E-state index in [0.29, 0.717) is 47.3 Å². The topological polar surface area (TPSA) is 77.8 Å². The molecule has 4 heterocycles. The standard InChI is InChI=1S/2C9H15NO.2C9H15NS/c1-6(2)8-5-11-9(10-8)7(3)4;1-6(2)8-5-10-9(11-8)7(3)4;1-6(2)8-5-11-9(10-8)7(3)4;1-6(2)8-5-10-9(11-8)7(3)4/h4*5-7H,1-4H3. The second-order valence-electron chi connectivity index (χ2n) is 13.7. The lowest BCUT2D eigenvalue weighted by Crippen LogP contribution is -1.90. The fourth-order valence-corrected chi connectivity index (χ4v) is 5.25. The van der Waals surface area contributed by atoms with Gasteiger partial charge in [-0.25, -0.2) is 19.9 Å². The summed E-state index contributed by atoms with van der Waals surface area (Å²) in [6, 6.07) is 0. The van der Waals surface area contributed by atoms with Gasteiger partial charge in [0.1, 0.15) is 12.0 Å². The molecule has 0 aliphatic carbocycles. The molecule has 8 heteroatoms. The van der Waals surface area contributed by atoms with Crippen molar-refractivity contribution in [2.75, 3.05) is 0 Å². The summed E-state index contributed by atoms with van der Waals surface area (Å²) < 4.78 is 10.8. The summed E-state index contributed by atoms with van der Waals surface area (Å²) in [4.78, 5) is 18.8. The summed E-state index contributed by atoms with van der Waals surface area (Å²) in [7, 11) is 0. The highest BCUT2D eigenvalue weighted by molar-refractivity contribution is 7.11. The number of thiazole rings is 2. The summed E-state index contributed by atoms with van der Waals surface area (Å²) >= 11 is 3.61. The molecule has 4 aromatic rings. The first-order valence-electron chi connectivity index (χ1n) is 16.3. The Morgan fingerprint density at radius 1 is 0.523 bits per heavy atom. The maximum atomic E-state index is 5.50. The highest BCUT2D eigenvalue weighted by Crippen LogP contribution is 2.26. The van der Waals surface area contributed by atoms with E-state index in [-0.39, 0.29) is 0 Å². The third-order valence-electron chi connectivity index (χ3n) is 6.46. The lowest BCUT2D eigenvalue weighted by molar-refractivity contribution is 0.422. The molecule has 0 atom stereocenters. The zero-order valence-electron chi connectivity index (χ0n) is 30.4. The van der Waals surface area contributed by atoms with Crippen LogP contribution in [0.25, 0.3) is 0 Å². The summed E-state index contributed by atoms with van der Waals surface area (Å²) in [5.74, 6) is 6.70. The van der Waals surface area contributed by atoms with Gasteiger partial charge in [-0.15, -0.1) is 22.7 Å². The first-order valence-corrected chi connectivity index (χ1v) is 18.0. The van der Waals surface area contributed by atoms with E-state index >= 15 is 0 Å². The van der Waals surface area contributed by atoms with Crippen molar-refractivity contribution >= 4 is 22.7 Å². The lowest BCUT2D eigenvalue weighted by Gasteiger charge is -1.99. The number of oxazole rings is 2.